The summed E-state index contributed by atoms with van der Waals surface area (Å²) in [5.74, 6) is 0.417. The van der Waals surface area contributed by atoms with Gasteiger partial charge in [0.1, 0.15) is 35.2 Å². The standard InChI is InChI=1S/C44H34N4O6/c49-27-9-1-23(2-10-27)37-31-17-18-32(45-31)38(24-3-11-28(50)12-4-24)34-20-22-36(47-34)40(26-7-15-30(52)16-8-26)42-44(54)43(53)41(48-42)39(35-21-19-33(37)46-35)25-5-13-29(51)14-6-25/h1-16,19-22,43-44,46-47,49-54H,17-18H2/t43-,44+. The molecule has 2 atom stereocenters. The van der Waals surface area contributed by atoms with Gasteiger partial charge in [-0.05, 0) is 108 Å². The van der Waals surface area contributed by atoms with Crippen molar-refractivity contribution in [3.05, 3.63) is 144 Å². The molecule has 0 aliphatic carbocycles. The molecular weight excluding hydrogens is 681 g/mol. The van der Waals surface area contributed by atoms with Crippen molar-refractivity contribution in [1.82, 2.24) is 19.9 Å². The van der Waals surface area contributed by atoms with E-state index < -0.39 is 12.2 Å². The van der Waals surface area contributed by atoms with Gasteiger partial charge in [-0.2, -0.15) is 0 Å². The van der Waals surface area contributed by atoms with Crippen molar-refractivity contribution in [3.63, 3.8) is 0 Å². The number of rotatable bonds is 4. The van der Waals surface area contributed by atoms with Crippen molar-refractivity contribution in [2.24, 2.45) is 0 Å². The van der Waals surface area contributed by atoms with Crippen molar-refractivity contribution >= 4 is 22.1 Å². The van der Waals surface area contributed by atoms with Gasteiger partial charge in [-0.25, -0.2) is 0 Å². The van der Waals surface area contributed by atoms with Crippen LogP contribution in [0.5, 0.6) is 23.0 Å². The molecule has 2 aliphatic heterocycles. The largest absolute Gasteiger partial charge is 0.508 e. The molecule has 0 radical (unpaired) electrons. The van der Waals surface area contributed by atoms with Gasteiger partial charge in [0, 0.05) is 44.3 Å². The molecule has 266 valence electrons. The molecule has 0 saturated carbocycles. The molecule has 10 heteroatoms. The Morgan fingerprint density at radius 3 is 0.963 bits per heavy atom. The Labute approximate surface area is 308 Å². The van der Waals surface area contributed by atoms with E-state index in [0.29, 0.717) is 46.1 Å². The van der Waals surface area contributed by atoms with Gasteiger partial charge < -0.3 is 40.6 Å². The van der Waals surface area contributed by atoms with Gasteiger partial charge in [-0.3, -0.25) is 9.97 Å². The lowest BCUT2D eigenvalue weighted by atomic mass is 9.97. The van der Waals surface area contributed by atoms with E-state index in [-0.39, 0.29) is 34.4 Å². The maximum absolute atomic E-state index is 11.9. The third-order valence-electron chi connectivity index (χ3n) is 10.1. The van der Waals surface area contributed by atoms with Crippen LogP contribution in [0.25, 0.3) is 66.6 Å². The third-order valence-corrected chi connectivity index (χ3v) is 10.1. The lowest BCUT2D eigenvalue weighted by Crippen LogP contribution is -2.05. The Kier molecular flexibility index (Phi) is 7.92. The molecule has 0 amide bonds. The van der Waals surface area contributed by atoms with Crippen molar-refractivity contribution < 1.29 is 30.6 Å². The maximum atomic E-state index is 11.9. The molecule has 0 saturated heterocycles. The van der Waals surface area contributed by atoms with Gasteiger partial charge >= 0.3 is 0 Å². The quantitative estimate of drug-likeness (QED) is 0.0896. The smallest absolute Gasteiger partial charge is 0.128 e. The van der Waals surface area contributed by atoms with E-state index in [1.165, 1.54) is 0 Å². The third kappa shape index (κ3) is 5.70. The number of nitrogens with zero attached hydrogens (tertiary/aromatic N) is 2. The molecule has 3 aromatic heterocycles. The molecular formula is C44H34N4O6. The molecule has 5 heterocycles. The average Bonchev–Trinajstić information content (AvgIpc) is 4.00. The number of H-pyrrole nitrogens is 2. The van der Waals surface area contributed by atoms with Crippen molar-refractivity contribution in [2.75, 3.05) is 0 Å². The first-order valence-electron chi connectivity index (χ1n) is 17.5. The number of benzene rings is 4. The van der Waals surface area contributed by atoms with E-state index in [9.17, 15) is 30.6 Å². The number of aromatic amines is 2. The van der Waals surface area contributed by atoms with E-state index >= 15 is 0 Å². The number of aromatic hydroxyl groups is 4. The molecule has 2 aliphatic rings. The number of hydrogen-bond acceptors (Lipinski definition) is 8. The zero-order chi connectivity index (χ0) is 37.1. The summed E-state index contributed by atoms with van der Waals surface area (Å²) < 4.78 is 0. The Balaban J connectivity index is 1.49. The fourth-order valence-electron chi connectivity index (χ4n) is 7.57. The number of phenolic OH excluding ortho intramolecular Hbond substituents is 4. The predicted octanol–water partition coefficient (Wildman–Crippen LogP) is 8.36. The topological polar surface area (TPSA) is 179 Å². The van der Waals surface area contributed by atoms with Crippen LogP contribution < -0.4 is 0 Å². The molecule has 54 heavy (non-hydrogen) atoms. The Hall–Kier alpha value is -6.88. The number of aliphatic hydroxyl groups excluding tert-OH is 2. The Morgan fingerprint density at radius 1 is 0.370 bits per heavy atom. The second-order valence-corrected chi connectivity index (χ2v) is 13.5. The number of aromatic nitrogens is 4. The van der Waals surface area contributed by atoms with Crippen molar-refractivity contribution in [1.29, 1.82) is 0 Å². The van der Waals surface area contributed by atoms with Crippen molar-refractivity contribution in [2.45, 2.75) is 25.0 Å². The molecule has 0 unspecified atom stereocenters. The van der Waals surface area contributed by atoms with Crippen LogP contribution in [-0.4, -0.2) is 50.6 Å². The predicted molar refractivity (Wildman–Crippen MR) is 207 cm³/mol. The normalized spacial score (nSPS) is 15.4. The summed E-state index contributed by atoms with van der Waals surface area (Å²) >= 11 is 0. The van der Waals surface area contributed by atoms with Crippen LogP contribution in [0.3, 0.4) is 0 Å². The number of fused-ring (bicyclic) bond motifs is 8. The first-order valence-corrected chi connectivity index (χ1v) is 17.5. The molecule has 0 spiro atoms. The molecule has 8 bridgehead atoms. The lowest BCUT2D eigenvalue weighted by Gasteiger charge is -2.13. The molecule has 7 aromatic rings. The average molecular weight is 715 g/mol. The summed E-state index contributed by atoms with van der Waals surface area (Å²) in [6.07, 6.45) is -1.62. The van der Waals surface area contributed by atoms with Gasteiger partial charge in [-0.15, -0.1) is 0 Å². The minimum Gasteiger partial charge on any atom is -0.508 e. The molecule has 8 N–H and O–H groups in total. The summed E-state index contributed by atoms with van der Waals surface area (Å²) in [6, 6.07) is 34.8. The highest BCUT2D eigenvalue weighted by Gasteiger charge is 2.34. The summed E-state index contributed by atoms with van der Waals surface area (Å²) in [6.45, 7) is 0. The summed E-state index contributed by atoms with van der Waals surface area (Å²) in [7, 11) is 0. The Bertz CT molecular complexity index is 2530. The van der Waals surface area contributed by atoms with Crippen LogP contribution in [0.2, 0.25) is 0 Å². The second-order valence-electron chi connectivity index (χ2n) is 13.5. The van der Waals surface area contributed by atoms with Crippen LogP contribution in [0.1, 0.15) is 35.0 Å². The minimum atomic E-state index is -1.43. The van der Waals surface area contributed by atoms with E-state index in [1.807, 2.05) is 48.5 Å². The summed E-state index contributed by atoms with van der Waals surface area (Å²) in [5.41, 5.74) is 10.5. The lowest BCUT2D eigenvalue weighted by molar-refractivity contribution is 0.0260. The zero-order valence-corrected chi connectivity index (χ0v) is 28.7. The van der Waals surface area contributed by atoms with E-state index in [0.717, 1.165) is 44.7 Å². The fourth-order valence-corrected chi connectivity index (χ4v) is 7.57. The van der Waals surface area contributed by atoms with Crippen LogP contribution in [0.15, 0.2) is 121 Å². The zero-order valence-electron chi connectivity index (χ0n) is 28.7. The number of aryl methyl sites for hydroxylation is 2. The maximum Gasteiger partial charge on any atom is 0.128 e. The van der Waals surface area contributed by atoms with Gasteiger partial charge in [-0.1, -0.05) is 48.5 Å². The van der Waals surface area contributed by atoms with Gasteiger partial charge in [0.05, 0.1) is 22.8 Å². The van der Waals surface area contributed by atoms with E-state index in [4.69, 9.17) is 9.97 Å². The Morgan fingerprint density at radius 2 is 0.648 bits per heavy atom. The van der Waals surface area contributed by atoms with Crippen LogP contribution >= 0.6 is 0 Å². The van der Waals surface area contributed by atoms with Crippen LogP contribution in [-0.2, 0) is 12.8 Å². The van der Waals surface area contributed by atoms with Crippen molar-refractivity contribution in [3.8, 4) is 67.5 Å². The molecule has 0 fully saturated rings. The molecule has 4 aromatic carbocycles. The van der Waals surface area contributed by atoms with E-state index in [2.05, 4.69) is 9.97 Å². The molecule has 9 rings (SSSR count). The monoisotopic (exact) mass is 714 g/mol. The summed E-state index contributed by atoms with van der Waals surface area (Å²) in [4.78, 5) is 17.5. The second kappa shape index (κ2) is 13.0. The highest BCUT2D eigenvalue weighted by atomic mass is 16.3. The number of hydrogen-bond donors (Lipinski definition) is 8. The molecule has 10 nitrogen and oxygen atoms in total. The highest BCUT2D eigenvalue weighted by Crippen LogP contribution is 2.44. The van der Waals surface area contributed by atoms with E-state index in [1.54, 1.807) is 72.8 Å². The minimum absolute atomic E-state index is 0.0733. The number of aliphatic hydroxyl groups is 2. The number of phenols is 4. The fraction of sp³-hybridized carbons (Fsp3) is 0.0909. The van der Waals surface area contributed by atoms with Crippen LogP contribution in [0, 0.1) is 0 Å². The van der Waals surface area contributed by atoms with Gasteiger partial charge in [0.15, 0.2) is 0 Å². The van der Waals surface area contributed by atoms with Gasteiger partial charge in [0.2, 0.25) is 0 Å². The number of nitrogens with one attached hydrogen (secondary N) is 2. The van der Waals surface area contributed by atoms with Crippen LogP contribution in [0.4, 0.5) is 0 Å². The van der Waals surface area contributed by atoms with Gasteiger partial charge in [0.25, 0.3) is 0 Å². The highest BCUT2D eigenvalue weighted by molar-refractivity contribution is 5.92. The first kappa shape index (κ1) is 33.0. The first-order chi connectivity index (χ1) is 26.2. The summed E-state index contributed by atoms with van der Waals surface area (Å²) in [5, 5.41) is 64.5. The SMILES string of the molecule is Oc1ccc(-c2c3nc(c(-c4ccc(O)cc4)c4ccc([nH]4)c(-c4ccc(O)cc4)c4nc(c(-c5ccc(O)cc5)c5ccc2[nH]5)[C@@H](O)[C@H]4O)CC3)cc1.